The highest BCUT2D eigenvalue weighted by atomic mass is 16.5. The molecule has 3 aromatic rings. The Kier molecular flexibility index (Phi) is 9.42. The molecule has 0 aliphatic rings. The third-order valence-electron chi connectivity index (χ3n) is 5.02. The summed E-state index contributed by atoms with van der Waals surface area (Å²) in [4.78, 5) is 3.96. The standard InChI is InChI=1S/C20H26O.C8H12N2O/c1-19(2,3)15-7-11-17(12-8-15)21-18-13-9-16(10-14-18)20(4,5)6;11-5-4-10-7-8-2-1-3-9-6-8/h7-14H,1-6H3;1-3,6,10-11H,4-5,7H2. The van der Waals surface area contributed by atoms with Gasteiger partial charge in [0.2, 0.25) is 0 Å². The molecule has 2 N–H and O–H groups in total. The molecule has 1 heterocycles. The van der Waals surface area contributed by atoms with Crippen LogP contribution in [0, 0.1) is 0 Å². The fourth-order valence-electron chi connectivity index (χ4n) is 3.00. The van der Waals surface area contributed by atoms with Crippen molar-refractivity contribution in [3.05, 3.63) is 89.7 Å². The number of hydrogen-bond acceptors (Lipinski definition) is 4. The zero-order valence-electron chi connectivity index (χ0n) is 20.4. The van der Waals surface area contributed by atoms with Gasteiger partial charge < -0.3 is 15.2 Å². The average molecular weight is 435 g/mol. The zero-order chi connectivity index (χ0) is 23.6. The largest absolute Gasteiger partial charge is 0.457 e. The Morgan fingerprint density at radius 3 is 1.66 bits per heavy atom. The van der Waals surface area contributed by atoms with Crippen molar-refractivity contribution in [3.63, 3.8) is 0 Å². The first kappa shape index (κ1) is 25.6. The molecule has 0 spiro atoms. The van der Waals surface area contributed by atoms with Crippen LogP contribution >= 0.6 is 0 Å². The Bertz CT molecular complexity index is 851. The van der Waals surface area contributed by atoms with E-state index in [0.29, 0.717) is 6.54 Å². The van der Waals surface area contributed by atoms with E-state index < -0.39 is 0 Å². The first-order chi connectivity index (χ1) is 15.1. The summed E-state index contributed by atoms with van der Waals surface area (Å²) in [7, 11) is 0. The van der Waals surface area contributed by atoms with Crippen molar-refractivity contribution in [1.29, 1.82) is 0 Å². The Hall–Kier alpha value is -2.69. The third-order valence-corrected chi connectivity index (χ3v) is 5.02. The number of rotatable bonds is 6. The number of aromatic nitrogens is 1. The van der Waals surface area contributed by atoms with Gasteiger partial charge >= 0.3 is 0 Å². The zero-order valence-corrected chi connectivity index (χ0v) is 20.4. The second kappa shape index (κ2) is 11.8. The van der Waals surface area contributed by atoms with Gasteiger partial charge in [-0.1, -0.05) is 71.9 Å². The highest BCUT2D eigenvalue weighted by Gasteiger charge is 2.14. The molecule has 0 atom stereocenters. The predicted octanol–water partition coefficient (Wildman–Crippen LogP) is 6.24. The van der Waals surface area contributed by atoms with Crippen LogP contribution in [0.25, 0.3) is 0 Å². The van der Waals surface area contributed by atoms with Crippen molar-refractivity contribution in [1.82, 2.24) is 10.3 Å². The Balaban J connectivity index is 0.000000278. The van der Waals surface area contributed by atoms with Crippen LogP contribution in [0.15, 0.2) is 73.1 Å². The van der Waals surface area contributed by atoms with Gasteiger partial charge in [0.15, 0.2) is 0 Å². The van der Waals surface area contributed by atoms with Gasteiger partial charge in [0, 0.05) is 25.5 Å². The van der Waals surface area contributed by atoms with Gasteiger partial charge in [0.1, 0.15) is 11.5 Å². The smallest absolute Gasteiger partial charge is 0.127 e. The van der Waals surface area contributed by atoms with Gasteiger partial charge in [-0.25, -0.2) is 0 Å². The number of nitrogens with one attached hydrogen (secondary N) is 1. The first-order valence-corrected chi connectivity index (χ1v) is 11.2. The van der Waals surface area contributed by atoms with Gasteiger partial charge in [-0.05, 0) is 57.9 Å². The summed E-state index contributed by atoms with van der Waals surface area (Å²) in [5.41, 5.74) is 4.12. The second-order valence-corrected chi connectivity index (χ2v) is 9.91. The fourth-order valence-corrected chi connectivity index (χ4v) is 3.00. The number of ether oxygens (including phenoxy) is 1. The van der Waals surface area contributed by atoms with Crippen molar-refractivity contribution in [2.45, 2.75) is 58.9 Å². The van der Waals surface area contributed by atoms with Crippen LogP contribution < -0.4 is 10.1 Å². The number of aliphatic hydroxyl groups is 1. The molecule has 1 aromatic heterocycles. The van der Waals surface area contributed by atoms with Gasteiger partial charge in [0.25, 0.3) is 0 Å². The minimum absolute atomic E-state index is 0.173. The molecule has 32 heavy (non-hydrogen) atoms. The lowest BCUT2D eigenvalue weighted by atomic mass is 9.87. The number of benzene rings is 2. The first-order valence-electron chi connectivity index (χ1n) is 11.2. The van der Waals surface area contributed by atoms with Crippen molar-refractivity contribution in [2.24, 2.45) is 0 Å². The van der Waals surface area contributed by atoms with E-state index in [9.17, 15) is 0 Å². The molecule has 4 heteroatoms. The molecule has 4 nitrogen and oxygen atoms in total. The fraction of sp³-hybridized carbons (Fsp3) is 0.393. The van der Waals surface area contributed by atoms with Crippen LogP contribution in [0.3, 0.4) is 0 Å². The average Bonchev–Trinajstić information content (AvgIpc) is 2.75. The normalized spacial score (nSPS) is 11.5. The second-order valence-electron chi connectivity index (χ2n) is 9.91. The summed E-state index contributed by atoms with van der Waals surface area (Å²) in [6.07, 6.45) is 3.56. The summed E-state index contributed by atoms with van der Waals surface area (Å²) in [6, 6.07) is 20.6. The topological polar surface area (TPSA) is 54.4 Å². The van der Waals surface area contributed by atoms with Gasteiger partial charge in [-0.15, -0.1) is 0 Å². The van der Waals surface area contributed by atoms with Crippen molar-refractivity contribution < 1.29 is 9.84 Å². The van der Waals surface area contributed by atoms with Gasteiger partial charge in [-0.2, -0.15) is 0 Å². The molecule has 0 aliphatic heterocycles. The van der Waals surface area contributed by atoms with Crippen LogP contribution in [0.1, 0.15) is 58.2 Å². The van der Waals surface area contributed by atoms with Crippen molar-refractivity contribution >= 4 is 0 Å². The van der Waals surface area contributed by atoms with E-state index in [2.05, 4.69) is 76.1 Å². The predicted molar refractivity (Wildman–Crippen MR) is 133 cm³/mol. The van der Waals surface area contributed by atoms with Crippen LogP contribution in [0.2, 0.25) is 0 Å². The maximum Gasteiger partial charge on any atom is 0.127 e. The number of hydrogen-bond donors (Lipinski definition) is 2. The Morgan fingerprint density at radius 1 is 0.781 bits per heavy atom. The molecule has 0 radical (unpaired) electrons. The van der Waals surface area contributed by atoms with Crippen LogP contribution in [0.4, 0.5) is 0 Å². The summed E-state index contributed by atoms with van der Waals surface area (Å²) in [5.74, 6) is 1.76. The van der Waals surface area contributed by atoms with E-state index in [4.69, 9.17) is 9.84 Å². The summed E-state index contributed by atoms with van der Waals surface area (Å²) in [5, 5.41) is 11.5. The lowest BCUT2D eigenvalue weighted by Crippen LogP contribution is -2.17. The Labute approximate surface area is 193 Å². The lowest BCUT2D eigenvalue weighted by Gasteiger charge is -2.20. The molecule has 0 fully saturated rings. The van der Waals surface area contributed by atoms with E-state index in [0.717, 1.165) is 23.6 Å². The quantitative estimate of drug-likeness (QED) is 0.451. The number of pyridine rings is 1. The summed E-state index contributed by atoms with van der Waals surface area (Å²) >= 11 is 0. The number of nitrogens with zero attached hydrogens (tertiary/aromatic N) is 1. The SMILES string of the molecule is CC(C)(C)c1ccc(Oc2ccc(C(C)(C)C)cc2)cc1.OCCNCc1cccnc1. The van der Waals surface area contributed by atoms with Gasteiger partial charge in [0.05, 0.1) is 6.61 Å². The summed E-state index contributed by atoms with van der Waals surface area (Å²) in [6.45, 7) is 14.9. The maximum absolute atomic E-state index is 8.47. The highest BCUT2D eigenvalue weighted by Crippen LogP contribution is 2.29. The van der Waals surface area contributed by atoms with E-state index in [1.165, 1.54) is 11.1 Å². The molecular weight excluding hydrogens is 396 g/mol. The Morgan fingerprint density at radius 2 is 1.28 bits per heavy atom. The van der Waals surface area contributed by atoms with Crippen LogP contribution in [0.5, 0.6) is 11.5 Å². The highest BCUT2D eigenvalue weighted by molar-refractivity contribution is 5.37. The molecule has 0 amide bonds. The molecule has 0 bridgehead atoms. The molecular formula is C28H38N2O2. The maximum atomic E-state index is 8.47. The molecule has 3 rings (SSSR count). The summed E-state index contributed by atoms with van der Waals surface area (Å²) < 4.78 is 5.91. The van der Waals surface area contributed by atoms with Crippen LogP contribution in [-0.4, -0.2) is 23.2 Å². The molecule has 2 aromatic carbocycles. The van der Waals surface area contributed by atoms with Gasteiger partial charge in [-0.3, -0.25) is 4.98 Å². The number of aliphatic hydroxyl groups excluding tert-OH is 1. The van der Waals surface area contributed by atoms with Crippen molar-refractivity contribution in [2.75, 3.05) is 13.2 Å². The minimum Gasteiger partial charge on any atom is -0.457 e. The molecule has 0 aliphatic carbocycles. The monoisotopic (exact) mass is 434 g/mol. The third kappa shape index (κ3) is 8.81. The van der Waals surface area contributed by atoms with E-state index >= 15 is 0 Å². The molecule has 0 saturated heterocycles. The molecule has 172 valence electrons. The van der Waals surface area contributed by atoms with E-state index in [-0.39, 0.29) is 17.4 Å². The van der Waals surface area contributed by atoms with Crippen LogP contribution in [-0.2, 0) is 17.4 Å². The lowest BCUT2D eigenvalue weighted by molar-refractivity contribution is 0.292. The molecule has 0 unspecified atom stereocenters. The minimum atomic E-state index is 0.173. The molecule has 0 saturated carbocycles. The van der Waals surface area contributed by atoms with E-state index in [1.807, 2.05) is 42.6 Å². The van der Waals surface area contributed by atoms with Crippen molar-refractivity contribution in [3.8, 4) is 11.5 Å². The van der Waals surface area contributed by atoms with E-state index in [1.54, 1.807) is 6.20 Å².